The maximum atomic E-state index is 13.2. The van der Waals surface area contributed by atoms with E-state index in [0.717, 1.165) is 23.0 Å². The molecule has 1 aromatic heterocycles. The predicted octanol–water partition coefficient (Wildman–Crippen LogP) is 5.50. The molecule has 1 heterocycles. The van der Waals surface area contributed by atoms with Crippen molar-refractivity contribution in [3.63, 3.8) is 0 Å². The fraction of sp³-hybridized carbons (Fsp3) is 0.583. The molecule has 2 nitrogen and oxygen atoms in total. The Morgan fingerprint density at radius 2 is 1.70 bits per heavy atom. The number of carbonyl (C=O) groups is 2. The van der Waals surface area contributed by atoms with Crippen molar-refractivity contribution < 1.29 is 9.59 Å². The minimum absolute atomic E-state index is 0.0489. The first kappa shape index (κ1) is 17.6. The lowest BCUT2D eigenvalue weighted by molar-refractivity contribution is -0.135. The van der Waals surface area contributed by atoms with Crippen LogP contribution in [-0.2, 0) is 15.0 Å². The quantitative estimate of drug-likeness (QED) is 0.694. The van der Waals surface area contributed by atoms with Gasteiger partial charge in [-0.05, 0) is 93.7 Å². The molecule has 0 N–H and O–H groups in total. The second kappa shape index (κ2) is 5.76. The van der Waals surface area contributed by atoms with Gasteiger partial charge in [0, 0.05) is 20.7 Å². The summed E-state index contributed by atoms with van der Waals surface area (Å²) < 4.78 is 0. The van der Waals surface area contributed by atoms with Gasteiger partial charge in [0.25, 0.3) is 0 Å². The minimum Gasteiger partial charge on any atom is -0.299 e. The molecule has 3 heteroatoms. The van der Waals surface area contributed by atoms with E-state index in [1.54, 1.807) is 13.8 Å². The first-order chi connectivity index (χ1) is 12.9. The molecule has 1 aromatic rings. The van der Waals surface area contributed by atoms with Gasteiger partial charge in [-0.15, -0.1) is 11.3 Å². The number of carbonyl (C=O) groups excluding carboxylic acids is 2. The number of aryl methyl sites for hydroxylation is 1. The summed E-state index contributed by atoms with van der Waals surface area (Å²) in [5.41, 5.74) is 2.71. The first-order valence-electron chi connectivity index (χ1n) is 10.4. The van der Waals surface area contributed by atoms with Crippen molar-refractivity contribution in [2.45, 2.75) is 58.3 Å². The number of hydrogen-bond acceptors (Lipinski definition) is 3. The Bertz CT molecular complexity index is 871. The molecule has 0 saturated heterocycles. The Labute approximate surface area is 165 Å². The standard InChI is InChI=1S/C24H28O2S/c1-5-19-20-6-12(2)27-23(20)24(22(14(4)26)21(19)13(3)25)17-8-15-7-16(10-17)11-18(24)9-15/h5-6,15-18,22H,1,7-11H2,2-4H3. The van der Waals surface area contributed by atoms with Gasteiger partial charge in [-0.3, -0.25) is 9.59 Å². The van der Waals surface area contributed by atoms with Crippen LogP contribution in [0.4, 0.5) is 0 Å². The molecule has 0 aromatic carbocycles. The highest BCUT2D eigenvalue weighted by Gasteiger charge is 2.65. The van der Waals surface area contributed by atoms with Gasteiger partial charge in [0.2, 0.25) is 0 Å². The minimum atomic E-state index is -0.288. The summed E-state index contributed by atoms with van der Waals surface area (Å²) in [5, 5.41) is 0. The van der Waals surface area contributed by atoms with Gasteiger partial charge >= 0.3 is 0 Å². The summed E-state index contributed by atoms with van der Waals surface area (Å²) in [6.45, 7) is 9.54. The highest BCUT2D eigenvalue weighted by atomic mass is 32.1. The lowest BCUT2D eigenvalue weighted by atomic mass is 9.39. The SMILES string of the molecule is C=CC1=C(C(C)=O)C(C(C)=O)C2(c3sc(C)cc31)C1CC3CC(C1)CC2C3. The van der Waals surface area contributed by atoms with Gasteiger partial charge in [0.05, 0.1) is 5.92 Å². The van der Waals surface area contributed by atoms with E-state index in [4.69, 9.17) is 0 Å². The number of Topliss-reactive ketones (excluding diaryl/α,β-unsaturated/α-hetero) is 2. The average molecular weight is 381 g/mol. The molecule has 5 aliphatic carbocycles. The van der Waals surface area contributed by atoms with Gasteiger partial charge in [0.15, 0.2) is 5.78 Å². The van der Waals surface area contributed by atoms with E-state index < -0.39 is 0 Å². The topological polar surface area (TPSA) is 34.1 Å². The van der Waals surface area contributed by atoms with Crippen LogP contribution < -0.4 is 0 Å². The predicted molar refractivity (Wildman–Crippen MR) is 110 cm³/mol. The fourth-order valence-electron chi connectivity index (χ4n) is 7.67. The smallest absolute Gasteiger partial charge is 0.157 e. The molecule has 4 bridgehead atoms. The second-order valence-electron chi connectivity index (χ2n) is 9.47. The zero-order chi connectivity index (χ0) is 19.1. The largest absolute Gasteiger partial charge is 0.299 e. The van der Waals surface area contributed by atoms with Crippen LogP contribution in [0.1, 0.15) is 61.3 Å². The monoisotopic (exact) mass is 380 g/mol. The van der Waals surface area contributed by atoms with E-state index in [9.17, 15) is 9.59 Å². The normalized spacial score (nSPS) is 39.0. The molecule has 4 fully saturated rings. The van der Waals surface area contributed by atoms with E-state index >= 15 is 0 Å². The van der Waals surface area contributed by atoms with E-state index in [0.29, 0.717) is 11.8 Å². The highest BCUT2D eigenvalue weighted by Crippen LogP contribution is 2.69. The highest BCUT2D eigenvalue weighted by molar-refractivity contribution is 7.12. The summed E-state index contributed by atoms with van der Waals surface area (Å²) >= 11 is 1.88. The van der Waals surface area contributed by atoms with Gasteiger partial charge in [0.1, 0.15) is 5.78 Å². The van der Waals surface area contributed by atoms with Crippen LogP contribution in [0.15, 0.2) is 24.3 Å². The molecule has 4 saturated carbocycles. The maximum Gasteiger partial charge on any atom is 0.157 e. The van der Waals surface area contributed by atoms with E-state index in [1.165, 1.54) is 47.4 Å². The number of fused-ring (bicyclic) bond motifs is 1. The Morgan fingerprint density at radius 1 is 1.11 bits per heavy atom. The molecule has 27 heavy (non-hydrogen) atoms. The van der Waals surface area contributed by atoms with Crippen LogP contribution in [0.3, 0.4) is 0 Å². The van der Waals surface area contributed by atoms with Crippen LogP contribution >= 0.6 is 11.3 Å². The molecule has 0 radical (unpaired) electrons. The average Bonchev–Trinajstić information content (AvgIpc) is 2.98. The Morgan fingerprint density at radius 3 is 2.19 bits per heavy atom. The molecule has 0 aliphatic heterocycles. The molecule has 1 atom stereocenters. The Kier molecular flexibility index (Phi) is 3.76. The summed E-state index contributed by atoms with van der Waals surface area (Å²) in [7, 11) is 0. The number of ketones is 2. The van der Waals surface area contributed by atoms with Crippen molar-refractivity contribution in [3.8, 4) is 0 Å². The molecule has 142 valence electrons. The zero-order valence-corrected chi connectivity index (χ0v) is 17.3. The van der Waals surface area contributed by atoms with E-state index in [2.05, 4.69) is 19.6 Å². The van der Waals surface area contributed by atoms with Gasteiger partial charge < -0.3 is 0 Å². The summed E-state index contributed by atoms with van der Waals surface area (Å²) in [5.74, 6) is 2.68. The Hall–Kier alpha value is -1.48. The van der Waals surface area contributed by atoms with Crippen LogP contribution in [0.2, 0.25) is 0 Å². The molecule has 1 unspecified atom stereocenters. The number of rotatable bonds is 3. The zero-order valence-electron chi connectivity index (χ0n) is 16.5. The lowest BCUT2D eigenvalue weighted by Gasteiger charge is -2.64. The van der Waals surface area contributed by atoms with Crippen LogP contribution in [0.25, 0.3) is 5.57 Å². The third-order valence-corrected chi connectivity index (χ3v) is 9.29. The van der Waals surface area contributed by atoms with Crippen LogP contribution in [0.5, 0.6) is 0 Å². The third kappa shape index (κ3) is 2.12. The number of thiophene rings is 1. The van der Waals surface area contributed by atoms with E-state index in [-0.39, 0.29) is 22.9 Å². The molecule has 1 spiro atoms. The summed E-state index contributed by atoms with van der Waals surface area (Å²) in [6.07, 6.45) is 8.16. The summed E-state index contributed by atoms with van der Waals surface area (Å²) in [4.78, 5) is 28.7. The molecular weight excluding hydrogens is 352 g/mol. The van der Waals surface area contributed by atoms with Crippen molar-refractivity contribution in [2.75, 3.05) is 0 Å². The van der Waals surface area contributed by atoms with Gasteiger partial charge in [-0.1, -0.05) is 12.7 Å². The maximum absolute atomic E-state index is 13.2. The van der Waals surface area contributed by atoms with Crippen LogP contribution in [-0.4, -0.2) is 11.6 Å². The van der Waals surface area contributed by atoms with Crippen molar-refractivity contribution in [2.24, 2.45) is 29.6 Å². The van der Waals surface area contributed by atoms with Gasteiger partial charge in [-0.2, -0.15) is 0 Å². The first-order valence-corrected chi connectivity index (χ1v) is 11.2. The molecule has 6 rings (SSSR count). The van der Waals surface area contributed by atoms with Crippen molar-refractivity contribution in [3.05, 3.63) is 39.6 Å². The summed E-state index contributed by atoms with van der Waals surface area (Å²) in [6, 6.07) is 2.24. The molecule has 5 aliphatic rings. The molecule has 0 amide bonds. The molecular formula is C24H28O2S. The number of allylic oxidation sites excluding steroid dienone is 3. The van der Waals surface area contributed by atoms with Gasteiger partial charge in [-0.25, -0.2) is 0 Å². The number of hydrogen-bond donors (Lipinski definition) is 0. The Balaban J connectivity index is 1.85. The lowest BCUT2D eigenvalue weighted by Crippen LogP contribution is -2.61. The van der Waals surface area contributed by atoms with E-state index in [1.807, 2.05) is 17.4 Å². The van der Waals surface area contributed by atoms with Crippen molar-refractivity contribution >= 4 is 28.5 Å². The third-order valence-electron chi connectivity index (χ3n) is 8.07. The van der Waals surface area contributed by atoms with Crippen LogP contribution in [0, 0.1) is 36.5 Å². The fourth-order valence-corrected chi connectivity index (χ4v) is 9.07. The second-order valence-corrected chi connectivity index (χ2v) is 10.7. The van der Waals surface area contributed by atoms with Crippen molar-refractivity contribution in [1.82, 2.24) is 0 Å². The van der Waals surface area contributed by atoms with Crippen molar-refractivity contribution in [1.29, 1.82) is 0 Å².